The molecule has 112 valence electrons. The van der Waals surface area contributed by atoms with Gasteiger partial charge in [0.15, 0.2) is 17.3 Å². The lowest BCUT2D eigenvalue weighted by Gasteiger charge is -2.34. The number of carbonyl (C=O) groups excluding carboxylic acids is 2. The SMILES string of the molecule is COc1cc2c(cc1OC)N(OC=O)C(C)C(=CN)C2=O. The van der Waals surface area contributed by atoms with E-state index in [1.807, 2.05) is 0 Å². The van der Waals surface area contributed by atoms with Gasteiger partial charge in [-0.1, -0.05) is 0 Å². The van der Waals surface area contributed by atoms with Crippen LogP contribution in [0.1, 0.15) is 17.3 Å². The van der Waals surface area contributed by atoms with Crippen LogP contribution < -0.4 is 20.3 Å². The van der Waals surface area contributed by atoms with Gasteiger partial charge in [0.2, 0.25) is 0 Å². The normalized spacial score (nSPS) is 19.2. The van der Waals surface area contributed by atoms with Crippen LogP contribution in [0.15, 0.2) is 23.9 Å². The quantitative estimate of drug-likeness (QED) is 0.654. The second-order valence-electron chi connectivity index (χ2n) is 4.38. The van der Waals surface area contributed by atoms with E-state index < -0.39 is 6.04 Å². The van der Waals surface area contributed by atoms with E-state index in [9.17, 15) is 9.59 Å². The summed E-state index contributed by atoms with van der Waals surface area (Å²) in [6.07, 6.45) is 1.22. The molecule has 7 heteroatoms. The maximum Gasteiger partial charge on any atom is 0.320 e. The van der Waals surface area contributed by atoms with Crippen LogP contribution in [0, 0.1) is 0 Å². The summed E-state index contributed by atoms with van der Waals surface area (Å²) in [6.45, 7) is 2.00. The lowest BCUT2D eigenvalue weighted by molar-refractivity contribution is -0.130. The van der Waals surface area contributed by atoms with Gasteiger partial charge < -0.3 is 20.0 Å². The smallest absolute Gasteiger partial charge is 0.320 e. The van der Waals surface area contributed by atoms with Crippen LogP contribution in [0.5, 0.6) is 11.5 Å². The highest BCUT2D eigenvalue weighted by molar-refractivity contribution is 6.15. The van der Waals surface area contributed by atoms with Crippen molar-refractivity contribution in [1.29, 1.82) is 0 Å². The number of Topliss-reactive ketones (excluding diaryl/α,β-unsaturated/α-hetero) is 1. The van der Waals surface area contributed by atoms with Gasteiger partial charge in [-0.05, 0) is 13.0 Å². The standard InChI is InChI=1S/C14H16N2O5/c1-8-10(6-15)14(18)9-4-12(19-2)13(20-3)5-11(9)16(8)21-7-17/h4-8H,15H2,1-3H3. The maximum absolute atomic E-state index is 12.5. The first-order chi connectivity index (χ1) is 10.1. The van der Waals surface area contributed by atoms with Crippen LogP contribution in [0.25, 0.3) is 0 Å². The molecule has 1 aliphatic heterocycles. The highest BCUT2D eigenvalue weighted by Crippen LogP contribution is 2.40. The summed E-state index contributed by atoms with van der Waals surface area (Å²) >= 11 is 0. The average molecular weight is 292 g/mol. The Morgan fingerprint density at radius 1 is 1.24 bits per heavy atom. The molecule has 0 saturated carbocycles. The number of ether oxygens (including phenoxy) is 2. The van der Waals surface area contributed by atoms with Crippen LogP contribution in [0.4, 0.5) is 5.69 Å². The fraction of sp³-hybridized carbons (Fsp3) is 0.286. The van der Waals surface area contributed by atoms with Gasteiger partial charge in [0, 0.05) is 17.8 Å². The van der Waals surface area contributed by atoms with Crippen molar-refractivity contribution >= 4 is 17.9 Å². The fourth-order valence-corrected chi connectivity index (χ4v) is 2.32. The van der Waals surface area contributed by atoms with Crippen LogP contribution in [0.3, 0.4) is 0 Å². The molecular formula is C14H16N2O5. The molecule has 0 bridgehead atoms. The van der Waals surface area contributed by atoms with Gasteiger partial charge in [0.05, 0.1) is 31.5 Å². The largest absolute Gasteiger partial charge is 0.493 e. The zero-order valence-electron chi connectivity index (χ0n) is 12.0. The topological polar surface area (TPSA) is 91.1 Å². The van der Waals surface area contributed by atoms with E-state index in [0.29, 0.717) is 34.8 Å². The van der Waals surface area contributed by atoms with Crippen molar-refractivity contribution in [1.82, 2.24) is 0 Å². The lowest BCUT2D eigenvalue weighted by Crippen LogP contribution is -2.41. The molecule has 1 aromatic carbocycles. The number of ketones is 1. The lowest BCUT2D eigenvalue weighted by atomic mass is 9.92. The molecule has 2 N–H and O–H groups in total. The molecule has 0 aliphatic carbocycles. The molecule has 2 rings (SSSR count). The molecular weight excluding hydrogens is 276 g/mol. The summed E-state index contributed by atoms with van der Waals surface area (Å²) in [5.74, 6) is 0.587. The summed E-state index contributed by atoms with van der Waals surface area (Å²) in [6, 6.07) is 2.62. The Morgan fingerprint density at radius 2 is 1.86 bits per heavy atom. The molecule has 7 nitrogen and oxygen atoms in total. The number of anilines is 1. The zero-order valence-corrected chi connectivity index (χ0v) is 12.0. The molecule has 1 unspecified atom stereocenters. The third kappa shape index (κ3) is 2.26. The van der Waals surface area contributed by atoms with E-state index >= 15 is 0 Å². The zero-order chi connectivity index (χ0) is 15.6. The molecule has 21 heavy (non-hydrogen) atoms. The Labute approximate surface area is 121 Å². The number of hydrogen-bond donors (Lipinski definition) is 1. The fourth-order valence-electron chi connectivity index (χ4n) is 2.32. The van der Waals surface area contributed by atoms with E-state index in [1.165, 1.54) is 31.5 Å². The predicted molar refractivity (Wildman–Crippen MR) is 75.2 cm³/mol. The highest BCUT2D eigenvalue weighted by atomic mass is 16.7. The number of fused-ring (bicyclic) bond motifs is 1. The highest BCUT2D eigenvalue weighted by Gasteiger charge is 2.36. The molecule has 1 heterocycles. The minimum absolute atomic E-state index is 0.244. The molecule has 0 radical (unpaired) electrons. The first-order valence-electron chi connectivity index (χ1n) is 6.21. The molecule has 1 aliphatic rings. The minimum Gasteiger partial charge on any atom is -0.493 e. The summed E-state index contributed by atoms with van der Waals surface area (Å²) < 4.78 is 10.4. The van der Waals surface area contributed by atoms with Crippen molar-refractivity contribution in [2.24, 2.45) is 5.73 Å². The molecule has 0 spiro atoms. The Bertz CT molecular complexity index is 612. The van der Waals surface area contributed by atoms with Gasteiger partial charge in [-0.15, -0.1) is 0 Å². The summed E-state index contributed by atoms with van der Waals surface area (Å²) in [5.41, 5.74) is 6.59. The average Bonchev–Trinajstić information content (AvgIpc) is 2.50. The molecule has 0 saturated heterocycles. The Kier molecular flexibility index (Phi) is 4.02. The number of carbonyl (C=O) groups is 2. The predicted octanol–water partition coefficient (Wildman–Crippen LogP) is 1.03. The van der Waals surface area contributed by atoms with Gasteiger partial charge in [-0.3, -0.25) is 9.59 Å². The van der Waals surface area contributed by atoms with Crippen LogP contribution in [0.2, 0.25) is 0 Å². The van der Waals surface area contributed by atoms with Crippen molar-refractivity contribution in [2.45, 2.75) is 13.0 Å². The minimum atomic E-state index is -0.502. The van der Waals surface area contributed by atoms with Crippen molar-refractivity contribution in [2.75, 3.05) is 19.3 Å². The van der Waals surface area contributed by atoms with Gasteiger partial charge in [-0.25, -0.2) is 0 Å². The monoisotopic (exact) mass is 292 g/mol. The number of nitrogens with two attached hydrogens (primary N) is 1. The Hall–Kier alpha value is -2.70. The van der Waals surface area contributed by atoms with E-state index in [-0.39, 0.29) is 5.78 Å². The Balaban J connectivity index is 2.68. The number of nitrogens with zero attached hydrogens (tertiary/aromatic N) is 1. The summed E-state index contributed by atoms with van der Waals surface area (Å²) in [7, 11) is 2.95. The summed E-state index contributed by atoms with van der Waals surface area (Å²) in [5, 5.41) is 1.31. The third-order valence-electron chi connectivity index (χ3n) is 3.38. The van der Waals surface area contributed by atoms with Crippen molar-refractivity contribution in [3.8, 4) is 11.5 Å². The number of hydrogen-bond acceptors (Lipinski definition) is 7. The Morgan fingerprint density at radius 3 is 2.38 bits per heavy atom. The van der Waals surface area contributed by atoms with Gasteiger partial charge in [0.1, 0.15) is 0 Å². The third-order valence-corrected chi connectivity index (χ3v) is 3.38. The maximum atomic E-state index is 12.5. The van der Waals surface area contributed by atoms with Crippen molar-refractivity contribution in [3.05, 3.63) is 29.5 Å². The van der Waals surface area contributed by atoms with E-state index in [1.54, 1.807) is 13.0 Å². The molecule has 1 aromatic rings. The van der Waals surface area contributed by atoms with Crippen LogP contribution >= 0.6 is 0 Å². The number of hydroxylamine groups is 1. The van der Waals surface area contributed by atoms with Crippen LogP contribution in [-0.2, 0) is 9.63 Å². The first-order valence-corrected chi connectivity index (χ1v) is 6.21. The molecule has 0 fully saturated rings. The second-order valence-corrected chi connectivity index (χ2v) is 4.38. The van der Waals surface area contributed by atoms with Crippen LogP contribution in [-0.4, -0.2) is 32.5 Å². The van der Waals surface area contributed by atoms with Gasteiger partial charge in [0.25, 0.3) is 0 Å². The van der Waals surface area contributed by atoms with Gasteiger partial charge in [-0.2, -0.15) is 5.06 Å². The van der Waals surface area contributed by atoms with Crippen molar-refractivity contribution in [3.63, 3.8) is 0 Å². The van der Waals surface area contributed by atoms with E-state index in [2.05, 4.69) is 0 Å². The van der Waals surface area contributed by atoms with E-state index in [4.69, 9.17) is 20.0 Å². The molecule has 1 atom stereocenters. The molecule has 0 amide bonds. The number of methoxy groups -OCH3 is 2. The van der Waals surface area contributed by atoms with Gasteiger partial charge >= 0.3 is 6.47 Å². The number of rotatable bonds is 4. The second kappa shape index (κ2) is 5.74. The van der Waals surface area contributed by atoms with Crippen molar-refractivity contribution < 1.29 is 23.9 Å². The first kappa shape index (κ1) is 14.7. The summed E-state index contributed by atoms with van der Waals surface area (Å²) in [4.78, 5) is 28.2. The molecule has 0 aromatic heterocycles. The van der Waals surface area contributed by atoms with E-state index in [0.717, 1.165) is 0 Å². The number of benzene rings is 1.